The Morgan fingerprint density at radius 1 is 1.12 bits per heavy atom. The van der Waals surface area contributed by atoms with Gasteiger partial charge in [0.15, 0.2) is 0 Å². The third-order valence-corrected chi connectivity index (χ3v) is 6.25. The minimum absolute atomic E-state index is 0.363. The summed E-state index contributed by atoms with van der Waals surface area (Å²) in [6.45, 7) is 7.84. The third-order valence-electron chi connectivity index (χ3n) is 5.76. The molecule has 2 aromatic carbocycles. The Morgan fingerprint density at radius 3 is 2.65 bits per heavy atom. The lowest BCUT2D eigenvalue weighted by molar-refractivity contribution is -0.111. The number of hydrogen-bond acceptors (Lipinski definition) is 6. The van der Waals surface area contributed by atoms with Gasteiger partial charge in [0.2, 0.25) is 0 Å². The van der Waals surface area contributed by atoms with Gasteiger partial charge in [-0.2, -0.15) is 5.26 Å². The molecule has 0 aliphatic carbocycles. The molecular formula is C26H25BrN6O. The largest absolute Gasteiger partial charge is 0.354 e. The van der Waals surface area contributed by atoms with E-state index in [1.807, 2.05) is 36.4 Å². The fourth-order valence-corrected chi connectivity index (χ4v) is 4.26. The van der Waals surface area contributed by atoms with Crippen LogP contribution < -0.4 is 10.6 Å². The number of benzene rings is 2. The monoisotopic (exact) mass is 516 g/mol. The Labute approximate surface area is 207 Å². The molecule has 1 amide bonds. The Bertz CT molecular complexity index is 1300. The van der Waals surface area contributed by atoms with E-state index in [-0.39, 0.29) is 5.91 Å². The highest BCUT2D eigenvalue weighted by atomic mass is 79.9. The van der Waals surface area contributed by atoms with Crippen LogP contribution >= 0.6 is 15.9 Å². The van der Waals surface area contributed by atoms with Gasteiger partial charge in [0.1, 0.15) is 6.07 Å². The van der Waals surface area contributed by atoms with Gasteiger partial charge in [-0.25, -0.2) is 0 Å². The first-order chi connectivity index (χ1) is 16.6. The molecule has 0 saturated carbocycles. The third kappa shape index (κ3) is 5.92. The maximum atomic E-state index is 12.4. The van der Waals surface area contributed by atoms with Gasteiger partial charge in [0, 0.05) is 53.6 Å². The number of hydrogen-bond donors (Lipinski definition) is 2. The average molecular weight is 517 g/mol. The van der Waals surface area contributed by atoms with E-state index in [2.05, 4.69) is 66.2 Å². The zero-order valence-electron chi connectivity index (χ0n) is 18.9. The van der Waals surface area contributed by atoms with Crippen molar-refractivity contribution in [2.75, 3.05) is 49.9 Å². The summed E-state index contributed by atoms with van der Waals surface area (Å²) in [7, 11) is 0. The van der Waals surface area contributed by atoms with Gasteiger partial charge in [-0.1, -0.05) is 34.8 Å². The number of rotatable bonds is 5. The molecule has 2 heterocycles. The lowest BCUT2D eigenvalue weighted by atomic mass is 10.1. The predicted molar refractivity (Wildman–Crippen MR) is 139 cm³/mol. The highest BCUT2D eigenvalue weighted by molar-refractivity contribution is 9.10. The summed E-state index contributed by atoms with van der Waals surface area (Å²) < 4.78 is 0.924. The number of pyridine rings is 1. The van der Waals surface area contributed by atoms with Crippen LogP contribution in [0.3, 0.4) is 0 Å². The van der Waals surface area contributed by atoms with Crippen molar-refractivity contribution in [3.05, 3.63) is 58.7 Å². The molecule has 0 atom stereocenters. The zero-order chi connectivity index (χ0) is 23.9. The number of halogens is 1. The van der Waals surface area contributed by atoms with Crippen LogP contribution in [0.25, 0.3) is 10.9 Å². The van der Waals surface area contributed by atoms with Crippen LogP contribution in [0.1, 0.15) is 12.5 Å². The molecule has 0 spiro atoms. The van der Waals surface area contributed by atoms with Gasteiger partial charge in [-0.05, 0) is 48.9 Å². The number of likely N-dealkylation sites (N-methyl/N-ethyl adjacent to an activating group) is 1. The first-order valence-corrected chi connectivity index (χ1v) is 11.9. The lowest BCUT2D eigenvalue weighted by Gasteiger charge is -2.32. The molecule has 34 heavy (non-hydrogen) atoms. The quantitative estimate of drug-likeness (QED) is 0.494. The number of piperazine rings is 1. The summed E-state index contributed by atoms with van der Waals surface area (Å²) in [5.74, 6) is 5.31. The summed E-state index contributed by atoms with van der Waals surface area (Å²) >= 11 is 3.47. The molecule has 7 nitrogen and oxygen atoms in total. The van der Waals surface area contributed by atoms with Crippen molar-refractivity contribution < 1.29 is 4.79 Å². The molecule has 1 aromatic heterocycles. The van der Waals surface area contributed by atoms with E-state index >= 15 is 0 Å². The second-order valence-corrected chi connectivity index (χ2v) is 8.91. The number of nitrogens with one attached hydrogen (secondary N) is 2. The number of fused-ring (bicyclic) bond motifs is 1. The standard InChI is InChI=1S/C26H25BrN6O/c1-2-32-11-13-33(14-12-32)10-4-7-25(34)30-22-8-9-24-23(16-22)26(19(17-28)18-29-24)31-21-6-3-5-20(27)15-21/h3,5-6,8-9,15-16,18H,2,10-14H2,1H3,(H,29,31)(H,30,34). The Morgan fingerprint density at radius 2 is 1.91 bits per heavy atom. The second kappa shape index (κ2) is 11.1. The molecule has 0 radical (unpaired) electrons. The van der Waals surface area contributed by atoms with E-state index in [1.165, 1.54) is 0 Å². The van der Waals surface area contributed by atoms with E-state index in [0.717, 1.165) is 48.3 Å². The van der Waals surface area contributed by atoms with E-state index in [9.17, 15) is 10.1 Å². The Hall–Kier alpha value is -3.43. The summed E-state index contributed by atoms with van der Waals surface area (Å²) in [6.07, 6.45) is 1.55. The van der Waals surface area contributed by atoms with Crippen molar-refractivity contribution in [1.82, 2.24) is 14.8 Å². The van der Waals surface area contributed by atoms with Crippen LogP contribution in [-0.2, 0) is 4.79 Å². The number of aromatic nitrogens is 1. The first-order valence-electron chi connectivity index (χ1n) is 11.2. The van der Waals surface area contributed by atoms with Crippen molar-refractivity contribution in [3.8, 4) is 17.9 Å². The number of nitrogens with zero attached hydrogens (tertiary/aromatic N) is 4. The normalized spacial score (nSPS) is 14.1. The second-order valence-electron chi connectivity index (χ2n) is 7.99. The molecule has 1 aliphatic heterocycles. The molecule has 0 bridgehead atoms. The van der Waals surface area contributed by atoms with Gasteiger partial charge >= 0.3 is 0 Å². The van der Waals surface area contributed by atoms with Crippen LogP contribution in [0.2, 0.25) is 0 Å². The van der Waals surface area contributed by atoms with Crippen molar-refractivity contribution in [3.63, 3.8) is 0 Å². The number of amides is 1. The van der Waals surface area contributed by atoms with Gasteiger partial charge in [-0.3, -0.25) is 14.7 Å². The van der Waals surface area contributed by atoms with Crippen molar-refractivity contribution in [2.45, 2.75) is 6.92 Å². The fraction of sp³-hybridized carbons (Fsp3) is 0.269. The van der Waals surface area contributed by atoms with Crippen LogP contribution in [0.15, 0.2) is 53.1 Å². The molecule has 8 heteroatoms. The summed E-state index contributed by atoms with van der Waals surface area (Å²) in [5.41, 5.74) is 3.20. The number of nitriles is 1. The molecule has 0 unspecified atom stereocenters. The van der Waals surface area contributed by atoms with Crippen molar-refractivity contribution in [2.24, 2.45) is 0 Å². The Kier molecular flexibility index (Phi) is 7.76. The maximum absolute atomic E-state index is 12.4. The molecule has 2 N–H and O–H groups in total. The minimum atomic E-state index is -0.363. The highest BCUT2D eigenvalue weighted by Gasteiger charge is 2.14. The van der Waals surface area contributed by atoms with Crippen LogP contribution in [-0.4, -0.2) is 60.0 Å². The fourth-order valence-electron chi connectivity index (χ4n) is 3.86. The topological polar surface area (TPSA) is 84.3 Å². The molecule has 3 aromatic rings. The van der Waals surface area contributed by atoms with Crippen LogP contribution in [0.5, 0.6) is 0 Å². The molecule has 1 saturated heterocycles. The SMILES string of the molecule is CCN1CCN(CC#CC(=O)Nc2ccc3ncc(C#N)c(Nc4cccc(Br)c4)c3c2)CC1. The molecule has 1 aliphatic rings. The summed E-state index contributed by atoms with van der Waals surface area (Å²) in [5, 5.41) is 16.5. The van der Waals surface area contributed by atoms with Crippen LogP contribution in [0, 0.1) is 23.2 Å². The van der Waals surface area contributed by atoms with Gasteiger partial charge in [-0.15, -0.1) is 0 Å². The molecular weight excluding hydrogens is 492 g/mol. The van der Waals surface area contributed by atoms with E-state index in [4.69, 9.17) is 0 Å². The summed E-state index contributed by atoms with van der Waals surface area (Å²) in [6, 6.07) is 15.3. The van der Waals surface area contributed by atoms with E-state index in [1.54, 1.807) is 12.3 Å². The van der Waals surface area contributed by atoms with Gasteiger partial charge < -0.3 is 15.5 Å². The zero-order valence-corrected chi connectivity index (χ0v) is 20.5. The lowest BCUT2D eigenvalue weighted by Crippen LogP contribution is -2.46. The minimum Gasteiger partial charge on any atom is -0.354 e. The number of carbonyl (C=O) groups excluding carboxylic acids is 1. The van der Waals surface area contributed by atoms with E-state index in [0.29, 0.717) is 29.0 Å². The van der Waals surface area contributed by atoms with Gasteiger partial charge in [0.25, 0.3) is 5.91 Å². The highest BCUT2D eigenvalue weighted by Crippen LogP contribution is 2.31. The molecule has 4 rings (SSSR count). The average Bonchev–Trinajstić information content (AvgIpc) is 2.85. The predicted octanol–water partition coefficient (Wildman–Crippen LogP) is 4.19. The first kappa shape index (κ1) is 23.7. The maximum Gasteiger partial charge on any atom is 0.300 e. The van der Waals surface area contributed by atoms with Crippen LogP contribution in [0.4, 0.5) is 17.1 Å². The van der Waals surface area contributed by atoms with E-state index < -0.39 is 0 Å². The molecule has 1 fully saturated rings. The number of carbonyl (C=O) groups is 1. The number of anilines is 3. The molecule has 172 valence electrons. The summed E-state index contributed by atoms with van der Waals surface area (Å²) in [4.78, 5) is 21.5. The Balaban J connectivity index is 1.49. The van der Waals surface area contributed by atoms with Gasteiger partial charge in [0.05, 0.1) is 23.3 Å². The van der Waals surface area contributed by atoms with Crippen molar-refractivity contribution >= 4 is 49.8 Å². The smallest absolute Gasteiger partial charge is 0.300 e. The van der Waals surface area contributed by atoms with Crippen molar-refractivity contribution in [1.29, 1.82) is 5.26 Å².